The molecule has 0 saturated carbocycles. The predicted octanol–water partition coefficient (Wildman–Crippen LogP) is 3.26. The molecule has 0 aliphatic carbocycles. The number of benzene rings is 2. The normalized spacial score (nSPS) is 11.7. The number of para-hydroxylation sites is 1. The molecule has 0 aromatic heterocycles. The SMILES string of the molecule is CC(Oc1ccccc1C(C)C)C(=O)NCCNC(=O)c1cccc(F)c1. The van der Waals surface area contributed by atoms with Gasteiger partial charge in [0.15, 0.2) is 6.10 Å². The molecular weight excluding hydrogens is 347 g/mol. The van der Waals surface area contributed by atoms with E-state index in [1.54, 1.807) is 6.92 Å². The number of ether oxygens (including phenoxy) is 1. The Bertz CT molecular complexity index is 793. The number of carbonyl (C=O) groups excluding carboxylic acids is 2. The van der Waals surface area contributed by atoms with Crippen LogP contribution in [0.4, 0.5) is 4.39 Å². The lowest BCUT2D eigenvalue weighted by Gasteiger charge is -2.18. The van der Waals surface area contributed by atoms with E-state index >= 15 is 0 Å². The molecular formula is C21H25FN2O3. The van der Waals surface area contributed by atoms with Crippen LogP contribution >= 0.6 is 0 Å². The van der Waals surface area contributed by atoms with Crippen molar-refractivity contribution in [3.05, 3.63) is 65.5 Å². The first-order valence-corrected chi connectivity index (χ1v) is 8.95. The Hall–Kier alpha value is -2.89. The van der Waals surface area contributed by atoms with Crippen LogP contribution < -0.4 is 15.4 Å². The Morgan fingerprint density at radius 1 is 1.00 bits per heavy atom. The summed E-state index contributed by atoms with van der Waals surface area (Å²) < 4.78 is 18.9. The Morgan fingerprint density at radius 2 is 1.70 bits per heavy atom. The topological polar surface area (TPSA) is 67.4 Å². The number of amides is 2. The van der Waals surface area contributed by atoms with E-state index in [1.807, 2.05) is 24.3 Å². The summed E-state index contributed by atoms with van der Waals surface area (Å²) in [5, 5.41) is 5.35. The first-order valence-electron chi connectivity index (χ1n) is 8.95. The van der Waals surface area contributed by atoms with Crippen molar-refractivity contribution in [3.63, 3.8) is 0 Å². The molecule has 1 atom stereocenters. The average Bonchev–Trinajstić information content (AvgIpc) is 2.65. The quantitative estimate of drug-likeness (QED) is 0.699. The van der Waals surface area contributed by atoms with E-state index in [1.165, 1.54) is 18.2 Å². The lowest BCUT2D eigenvalue weighted by molar-refractivity contribution is -0.127. The number of hydrogen-bond acceptors (Lipinski definition) is 3. The fraction of sp³-hybridized carbons (Fsp3) is 0.333. The predicted molar refractivity (Wildman–Crippen MR) is 102 cm³/mol. The molecule has 0 saturated heterocycles. The third kappa shape index (κ3) is 6.09. The molecule has 0 aliphatic rings. The molecule has 0 heterocycles. The van der Waals surface area contributed by atoms with Crippen molar-refractivity contribution in [2.24, 2.45) is 0 Å². The third-order valence-corrected chi connectivity index (χ3v) is 4.01. The third-order valence-electron chi connectivity index (χ3n) is 4.01. The van der Waals surface area contributed by atoms with Gasteiger partial charge in [0.05, 0.1) is 0 Å². The Kier molecular flexibility index (Phi) is 7.34. The molecule has 27 heavy (non-hydrogen) atoms. The van der Waals surface area contributed by atoms with Crippen molar-refractivity contribution >= 4 is 11.8 Å². The zero-order chi connectivity index (χ0) is 19.8. The smallest absolute Gasteiger partial charge is 0.260 e. The largest absolute Gasteiger partial charge is 0.481 e. The van der Waals surface area contributed by atoms with Gasteiger partial charge in [0.2, 0.25) is 0 Å². The molecule has 2 aromatic carbocycles. The van der Waals surface area contributed by atoms with Crippen LogP contribution in [-0.2, 0) is 4.79 Å². The summed E-state index contributed by atoms with van der Waals surface area (Å²) in [6.07, 6.45) is -0.663. The van der Waals surface area contributed by atoms with Crippen LogP contribution in [0.3, 0.4) is 0 Å². The number of halogens is 1. The van der Waals surface area contributed by atoms with Gasteiger partial charge < -0.3 is 15.4 Å². The van der Waals surface area contributed by atoms with Crippen molar-refractivity contribution in [3.8, 4) is 5.75 Å². The van der Waals surface area contributed by atoms with Crippen LogP contribution in [0.5, 0.6) is 5.75 Å². The summed E-state index contributed by atoms with van der Waals surface area (Å²) in [5.41, 5.74) is 1.28. The summed E-state index contributed by atoms with van der Waals surface area (Å²) >= 11 is 0. The molecule has 1 unspecified atom stereocenters. The molecule has 2 amide bonds. The summed E-state index contributed by atoms with van der Waals surface area (Å²) in [7, 11) is 0. The standard InChI is InChI=1S/C21H25FN2O3/c1-14(2)18-9-4-5-10-19(18)27-15(3)20(25)23-11-12-24-21(26)16-7-6-8-17(22)13-16/h4-10,13-15H,11-12H2,1-3H3,(H,23,25)(H,24,26). The van der Waals surface area contributed by atoms with Crippen LogP contribution in [-0.4, -0.2) is 31.0 Å². The van der Waals surface area contributed by atoms with Crippen molar-refractivity contribution in [2.75, 3.05) is 13.1 Å². The fourth-order valence-electron chi connectivity index (χ4n) is 2.55. The highest BCUT2D eigenvalue weighted by Gasteiger charge is 2.17. The summed E-state index contributed by atoms with van der Waals surface area (Å²) in [6.45, 7) is 6.29. The monoisotopic (exact) mass is 372 g/mol. The van der Waals surface area contributed by atoms with Gasteiger partial charge in [-0.15, -0.1) is 0 Å². The molecule has 0 fully saturated rings. The second kappa shape index (κ2) is 9.71. The van der Waals surface area contributed by atoms with Gasteiger partial charge in [0.1, 0.15) is 11.6 Å². The second-order valence-corrected chi connectivity index (χ2v) is 6.51. The highest BCUT2D eigenvalue weighted by atomic mass is 19.1. The van der Waals surface area contributed by atoms with E-state index < -0.39 is 11.9 Å². The molecule has 0 aliphatic heterocycles. The zero-order valence-corrected chi connectivity index (χ0v) is 15.8. The maximum Gasteiger partial charge on any atom is 0.260 e. The van der Waals surface area contributed by atoms with Crippen LogP contribution in [0, 0.1) is 5.82 Å². The first-order chi connectivity index (χ1) is 12.9. The Morgan fingerprint density at radius 3 is 2.41 bits per heavy atom. The molecule has 0 spiro atoms. The Balaban J connectivity index is 1.78. The van der Waals surface area contributed by atoms with E-state index in [4.69, 9.17) is 4.74 Å². The van der Waals surface area contributed by atoms with Gasteiger partial charge in [-0.05, 0) is 42.7 Å². The maximum atomic E-state index is 13.1. The van der Waals surface area contributed by atoms with Crippen molar-refractivity contribution < 1.29 is 18.7 Å². The van der Waals surface area contributed by atoms with Gasteiger partial charge >= 0.3 is 0 Å². The van der Waals surface area contributed by atoms with Gasteiger partial charge in [0.25, 0.3) is 11.8 Å². The second-order valence-electron chi connectivity index (χ2n) is 6.51. The fourth-order valence-corrected chi connectivity index (χ4v) is 2.55. The van der Waals surface area contributed by atoms with Crippen molar-refractivity contribution in [1.82, 2.24) is 10.6 Å². The molecule has 2 aromatic rings. The van der Waals surface area contributed by atoms with E-state index in [0.29, 0.717) is 5.75 Å². The minimum absolute atomic E-state index is 0.233. The minimum Gasteiger partial charge on any atom is -0.481 e. The summed E-state index contributed by atoms with van der Waals surface area (Å²) in [6, 6.07) is 13.1. The van der Waals surface area contributed by atoms with Gasteiger partial charge in [-0.2, -0.15) is 0 Å². The maximum absolute atomic E-state index is 13.1. The lowest BCUT2D eigenvalue weighted by atomic mass is 10.0. The number of carbonyl (C=O) groups is 2. The highest BCUT2D eigenvalue weighted by molar-refractivity contribution is 5.94. The van der Waals surface area contributed by atoms with Crippen molar-refractivity contribution in [1.29, 1.82) is 0 Å². The van der Waals surface area contributed by atoms with Gasteiger partial charge in [-0.3, -0.25) is 9.59 Å². The van der Waals surface area contributed by atoms with Gasteiger partial charge in [-0.1, -0.05) is 38.1 Å². The van der Waals surface area contributed by atoms with Crippen molar-refractivity contribution in [2.45, 2.75) is 32.8 Å². The van der Waals surface area contributed by atoms with E-state index in [2.05, 4.69) is 24.5 Å². The molecule has 0 radical (unpaired) electrons. The molecule has 0 bridgehead atoms. The Labute approximate surface area is 158 Å². The molecule has 5 nitrogen and oxygen atoms in total. The van der Waals surface area contributed by atoms with Crippen LogP contribution in [0.15, 0.2) is 48.5 Å². The van der Waals surface area contributed by atoms with E-state index in [9.17, 15) is 14.0 Å². The van der Waals surface area contributed by atoms with Crippen LogP contribution in [0.2, 0.25) is 0 Å². The highest BCUT2D eigenvalue weighted by Crippen LogP contribution is 2.26. The van der Waals surface area contributed by atoms with Gasteiger partial charge in [0, 0.05) is 18.7 Å². The summed E-state index contributed by atoms with van der Waals surface area (Å²) in [5.74, 6) is -0.153. The van der Waals surface area contributed by atoms with Gasteiger partial charge in [-0.25, -0.2) is 4.39 Å². The molecule has 144 valence electrons. The molecule has 2 N–H and O–H groups in total. The average molecular weight is 372 g/mol. The molecule has 2 rings (SSSR count). The molecule has 6 heteroatoms. The summed E-state index contributed by atoms with van der Waals surface area (Å²) in [4.78, 5) is 24.1. The van der Waals surface area contributed by atoms with Crippen LogP contribution in [0.25, 0.3) is 0 Å². The minimum atomic E-state index is -0.663. The van der Waals surface area contributed by atoms with Crippen LogP contribution in [0.1, 0.15) is 42.6 Å². The lowest BCUT2D eigenvalue weighted by Crippen LogP contribution is -2.40. The number of rotatable bonds is 8. The zero-order valence-electron chi connectivity index (χ0n) is 15.8. The first kappa shape index (κ1) is 20.4. The van der Waals surface area contributed by atoms with E-state index in [-0.39, 0.29) is 36.4 Å². The van der Waals surface area contributed by atoms with E-state index in [0.717, 1.165) is 11.6 Å². The number of nitrogens with one attached hydrogen (secondary N) is 2. The number of hydrogen-bond donors (Lipinski definition) is 2.